The van der Waals surface area contributed by atoms with Gasteiger partial charge in [-0.05, 0) is 24.6 Å². The van der Waals surface area contributed by atoms with Crippen LogP contribution in [0.2, 0.25) is 0 Å². The summed E-state index contributed by atoms with van der Waals surface area (Å²) in [6.07, 6.45) is 0. The van der Waals surface area contributed by atoms with Crippen molar-refractivity contribution in [2.24, 2.45) is 0 Å². The molecule has 0 amide bonds. The van der Waals surface area contributed by atoms with Gasteiger partial charge in [0.1, 0.15) is 11.6 Å². The van der Waals surface area contributed by atoms with E-state index in [0.29, 0.717) is 12.4 Å². The van der Waals surface area contributed by atoms with Gasteiger partial charge in [0.2, 0.25) is 0 Å². The summed E-state index contributed by atoms with van der Waals surface area (Å²) in [5.74, 6) is 1.38. The highest BCUT2D eigenvalue weighted by atomic mass is 16.5. The van der Waals surface area contributed by atoms with E-state index in [1.54, 1.807) is 0 Å². The average molecular weight is 252 g/mol. The second kappa shape index (κ2) is 4.76. The second-order valence-electron chi connectivity index (χ2n) is 4.49. The minimum absolute atomic E-state index is 0.544. The summed E-state index contributed by atoms with van der Waals surface area (Å²) >= 11 is 0. The van der Waals surface area contributed by atoms with Gasteiger partial charge in [0.05, 0.1) is 18.8 Å². The SMILES string of the molecule is CCOc1ccccc1N1Cc2ccccc2C1=N. The van der Waals surface area contributed by atoms with Crippen LogP contribution >= 0.6 is 0 Å². The zero-order chi connectivity index (χ0) is 13.2. The van der Waals surface area contributed by atoms with Crippen molar-refractivity contribution in [3.63, 3.8) is 0 Å². The van der Waals surface area contributed by atoms with Crippen molar-refractivity contribution < 1.29 is 4.74 Å². The minimum Gasteiger partial charge on any atom is -0.492 e. The van der Waals surface area contributed by atoms with Crippen molar-refractivity contribution in [2.45, 2.75) is 13.5 Å². The van der Waals surface area contributed by atoms with E-state index < -0.39 is 0 Å². The number of nitrogens with zero attached hydrogens (tertiary/aromatic N) is 1. The number of benzene rings is 2. The van der Waals surface area contributed by atoms with Gasteiger partial charge in [-0.2, -0.15) is 0 Å². The summed E-state index contributed by atoms with van der Waals surface area (Å²) in [5.41, 5.74) is 3.16. The number of para-hydroxylation sites is 2. The first-order valence-corrected chi connectivity index (χ1v) is 6.47. The maximum absolute atomic E-state index is 8.32. The lowest BCUT2D eigenvalue weighted by Crippen LogP contribution is -2.23. The Hall–Kier alpha value is -2.29. The maximum Gasteiger partial charge on any atom is 0.142 e. The zero-order valence-electron chi connectivity index (χ0n) is 10.9. The molecule has 0 radical (unpaired) electrons. The smallest absolute Gasteiger partial charge is 0.142 e. The highest BCUT2D eigenvalue weighted by Gasteiger charge is 2.26. The molecule has 3 nitrogen and oxygen atoms in total. The van der Waals surface area contributed by atoms with Gasteiger partial charge >= 0.3 is 0 Å². The molecule has 2 aromatic rings. The number of fused-ring (bicyclic) bond motifs is 1. The quantitative estimate of drug-likeness (QED) is 0.908. The molecule has 0 spiro atoms. The first-order chi connectivity index (χ1) is 9.31. The van der Waals surface area contributed by atoms with E-state index >= 15 is 0 Å². The van der Waals surface area contributed by atoms with Crippen LogP contribution in [0.25, 0.3) is 0 Å². The lowest BCUT2D eigenvalue weighted by atomic mass is 10.1. The molecule has 0 bridgehead atoms. The van der Waals surface area contributed by atoms with Crippen molar-refractivity contribution in [3.05, 3.63) is 59.7 Å². The van der Waals surface area contributed by atoms with E-state index in [-0.39, 0.29) is 0 Å². The molecule has 1 heterocycles. The molecule has 1 N–H and O–H groups in total. The maximum atomic E-state index is 8.32. The molecule has 19 heavy (non-hydrogen) atoms. The predicted octanol–water partition coefficient (Wildman–Crippen LogP) is 3.43. The van der Waals surface area contributed by atoms with E-state index in [9.17, 15) is 0 Å². The second-order valence-corrected chi connectivity index (χ2v) is 4.49. The molecule has 0 saturated heterocycles. The number of anilines is 1. The van der Waals surface area contributed by atoms with Crippen LogP contribution in [-0.4, -0.2) is 12.4 Å². The molecule has 96 valence electrons. The molecule has 2 aromatic carbocycles. The zero-order valence-corrected chi connectivity index (χ0v) is 10.9. The van der Waals surface area contributed by atoms with E-state index in [4.69, 9.17) is 10.1 Å². The van der Waals surface area contributed by atoms with E-state index in [1.165, 1.54) is 5.56 Å². The Morgan fingerprint density at radius 1 is 1.11 bits per heavy atom. The largest absolute Gasteiger partial charge is 0.492 e. The first kappa shape index (κ1) is 11.8. The van der Waals surface area contributed by atoms with Gasteiger partial charge in [-0.15, -0.1) is 0 Å². The number of hydrogen-bond donors (Lipinski definition) is 1. The highest BCUT2D eigenvalue weighted by Crippen LogP contribution is 2.34. The van der Waals surface area contributed by atoms with Gasteiger partial charge in [-0.3, -0.25) is 5.41 Å². The Morgan fingerprint density at radius 2 is 1.84 bits per heavy atom. The van der Waals surface area contributed by atoms with Crippen LogP contribution in [0.3, 0.4) is 0 Å². The number of ether oxygens (including phenoxy) is 1. The summed E-state index contributed by atoms with van der Waals surface area (Å²) in [4.78, 5) is 2.00. The fourth-order valence-electron chi connectivity index (χ4n) is 2.45. The fraction of sp³-hybridized carbons (Fsp3) is 0.188. The van der Waals surface area contributed by atoms with Crippen molar-refractivity contribution in [3.8, 4) is 5.75 Å². The molecular weight excluding hydrogens is 236 g/mol. The third-order valence-corrected chi connectivity index (χ3v) is 3.33. The van der Waals surface area contributed by atoms with Gasteiger partial charge in [0.25, 0.3) is 0 Å². The van der Waals surface area contributed by atoms with Crippen molar-refractivity contribution >= 4 is 11.5 Å². The van der Waals surface area contributed by atoms with Crippen molar-refractivity contribution in [1.29, 1.82) is 5.41 Å². The molecule has 1 aliphatic heterocycles. The van der Waals surface area contributed by atoms with Gasteiger partial charge in [0, 0.05) is 5.56 Å². The fourth-order valence-corrected chi connectivity index (χ4v) is 2.45. The normalized spacial score (nSPS) is 13.5. The third kappa shape index (κ3) is 1.97. The summed E-state index contributed by atoms with van der Waals surface area (Å²) < 4.78 is 5.66. The van der Waals surface area contributed by atoms with E-state index in [0.717, 1.165) is 23.5 Å². The Bertz CT molecular complexity index is 622. The molecule has 0 atom stereocenters. The lowest BCUT2D eigenvalue weighted by molar-refractivity contribution is 0.341. The number of amidine groups is 1. The molecule has 1 aliphatic rings. The number of hydrogen-bond acceptors (Lipinski definition) is 2. The number of nitrogens with one attached hydrogen (secondary N) is 1. The van der Waals surface area contributed by atoms with Crippen LogP contribution in [0.15, 0.2) is 48.5 Å². The summed E-state index contributed by atoms with van der Waals surface area (Å²) in [5, 5.41) is 8.32. The first-order valence-electron chi connectivity index (χ1n) is 6.47. The molecule has 3 rings (SSSR count). The molecule has 0 aliphatic carbocycles. The Kier molecular flexibility index (Phi) is 2.95. The molecular formula is C16H16N2O. The topological polar surface area (TPSA) is 36.3 Å². The van der Waals surface area contributed by atoms with Crippen LogP contribution < -0.4 is 9.64 Å². The molecule has 3 heteroatoms. The Labute approximate surface area is 113 Å². The Morgan fingerprint density at radius 3 is 2.63 bits per heavy atom. The predicted molar refractivity (Wildman–Crippen MR) is 77.1 cm³/mol. The average Bonchev–Trinajstić information content (AvgIpc) is 2.78. The van der Waals surface area contributed by atoms with E-state index in [2.05, 4.69) is 6.07 Å². The molecule has 0 unspecified atom stereocenters. The van der Waals surface area contributed by atoms with Crippen LogP contribution in [0.1, 0.15) is 18.1 Å². The Balaban J connectivity index is 2.00. The van der Waals surface area contributed by atoms with Crippen molar-refractivity contribution in [2.75, 3.05) is 11.5 Å². The van der Waals surface area contributed by atoms with Gasteiger partial charge in [0.15, 0.2) is 0 Å². The molecule has 0 aromatic heterocycles. The summed E-state index contributed by atoms with van der Waals surface area (Å²) in [6, 6.07) is 16.0. The van der Waals surface area contributed by atoms with Gasteiger partial charge in [-0.1, -0.05) is 36.4 Å². The van der Waals surface area contributed by atoms with Crippen molar-refractivity contribution in [1.82, 2.24) is 0 Å². The van der Waals surface area contributed by atoms with Crippen LogP contribution in [0.5, 0.6) is 5.75 Å². The highest BCUT2D eigenvalue weighted by molar-refractivity contribution is 6.12. The third-order valence-electron chi connectivity index (χ3n) is 3.33. The standard InChI is InChI=1S/C16H16N2O/c1-2-19-15-10-6-5-9-14(15)18-11-12-7-3-4-8-13(12)16(18)17/h3-10,17H,2,11H2,1H3. The molecule has 0 fully saturated rings. The van der Waals surface area contributed by atoms with Gasteiger partial charge < -0.3 is 9.64 Å². The molecule has 0 saturated carbocycles. The summed E-state index contributed by atoms with van der Waals surface area (Å²) in [7, 11) is 0. The summed E-state index contributed by atoms with van der Waals surface area (Å²) in [6.45, 7) is 3.34. The van der Waals surface area contributed by atoms with Gasteiger partial charge in [-0.25, -0.2) is 0 Å². The minimum atomic E-state index is 0.544. The van der Waals surface area contributed by atoms with Crippen LogP contribution in [-0.2, 0) is 6.54 Å². The van der Waals surface area contributed by atoms with E-state index in [1.807, 2.05) is 54.3 Å². The number of rotatable bonds is 3. The lowest BCUT2D eigenvalue weighted by Gasteiger charge is -2.21. The van der Waals surface area contributed by atoms with Crippen LogP contribution in [0, 0.1) is 5.41 Å². The van der Waals surface area contributed by atoms with Crippen LogP contribution in [0.4, 0.5) is 5.69 Å². The monoisotopic (exact) mass is 252 g/mol.